The minimum Gasteiger partial charge on any atom is -0.353 e. The summed E-state index contributed by atoms with van der Waals surface area (Å²) in [4.78, 5) is 15.9. The van der Waals surface area contributed by atoms with Crippen LogP contribution in [0, 0.1) is 0 Å². The van der Waals surface area contributed by atoms with E-state index in [1.165, 1.54) is 11.3 Å². The maximum absolute atomic E-state index is 12.5. The first-order chi connectivity index (χ1) is 9.25. The first-order valence-corrected chi connectivity index (χ1v) is 7.07. The number of hydrogen-bond donors (Lipinski definition) is 1. The summed E-state index contributed by atoms with van der Waals surface area (Å²) in [6.45, 7) is 0. The average Bonchev–Trinajstić information content (AvgIpc) is 2.80. The van der Waals surface area contributed by atoms with E-state index in [2.05, 4.69) is 4.98 Å². The van der Waals surface area contributed by atoms with Gasteiger partial charge in [0.1, 0.15) is 0 Å². The molecule has 4 rings (SSSR count). The molecule has 0 unspecified atom stereocenters. The molecule has 0 bridgehead atoms. The fourth-order valence-electron chi connectivity index (χ4n) is 2.42. The molecule has 0 saturated carbocycles. The molecular formula is C15H8ClNOS. The number of thiophene rings is 1. The van der Waals surface area contributed by atoms with Crippen LogP contribution < -0.4 is 5.43 Å². The van der Waals surface area contributed by atoms with Gasteiger partial charge < -0.3 is 4.98 Å². The van der Waals surface area contributed by atoms with Crippen LogP contribution in [0.5, 0.6) is 0 Å². The van der Waals surface area contributed by atoms with Gasteiger partial charge in [0.2, 0.25) is 5.43 Å². The lowest BCUT2D eigenvalue weighted by Crippen LogP contribution is -2.01. The number of fused-ring (bicyclic) bond motifs is 4. The van der Waals surface area contributed by atoms with E-state index in [0.29, 0.717) is 5.02 Å². The Morgan fingerprint density at radius 3 is 2.63 bits per heavy atom. The van der Waals surface area contributed by atoms with Crippen molar-refractivity contribution in [3.05, 3.63) is 57.7 Å². The van der Waals surface area contributed by atoms with Gasteiger partial charge in [-0.3, -0.25) is 4.79 Å². The third-order valence-corrected chi connectivity index (χ3v) is 4.97. The number of hydrogen-bond acceptors (Lipinski definition) is 2. The normalized spacial score (nSPS) is 11.6. The molecule has 0 fully saturated rings. The molecule has 0 aliphatic carbocycles. The molecule has 0 saturated heterocycles. The summed E-state index contributed by atoms with van der Waals surface area (Å²) in [7, 11) is 0. The van der Waals surface area contributed by atoms with Gasteiger partial charge in [-0.05, 0) is 18.2 Å². The number of H-pyrrole nitrogens is 1. The minimum atomic E-state index is 0.0709. The van der Waals surface area contributed by atoms with Gasteiger partial charge in [-0.1, -0.05) is 35.9 Å². The molecule has 0 spiro atoms. The van der Waals surface area contributed by atoms with Crippen LogP contribution in [-0.4, -0.2) is 4.98 Å². The lowest BCUT2D eigenvalue weighted by Gasteiger charge is -1.98. The summed E-state index contributed by atoms with van der Waals surface area (Å²) in [5, 5.41) is 2.42. The van der Waals surface area contributed by atoms with Crippen molar-refractivity contribution in [3.63, 3.8) is 0 Å². The molecule has 1 N–H and O–H groups in total. The van der Waals surface area contributed by atoms with Gasteiger partial charge in [-0.15, -0.1) is 11.3 Å². The summed E-state index contributed by atoms with van der Waals surface area (Å²) >= 11 is 7.66. The number of rotatable bonds is 0. The number of halogens is 1. The number of benzene rings is 2. The molecule has 0 aliphatic rings. The summed E-state index contributed by atoms with van der Waals surface area (Å²) in [6, 6.07) is 13.3. The molecule has 4 aromatic rings. The smallest absolute Gasteiger partial charge is 0.207 e. The second-order valence-corrected chi connectivity index (χ2v) is 5.85. The SMILES string of the molecule is O=c1c2ccccc2[nH]c2c1sc1c(Cl)cccc12. The molecule has 2 aromatic carbocycles. The van der Waals surface area contributed by atoms with Gasteiger partial charge in [0.15, 0.2) is 0 Å². The fraction of sp³-hybridized carbons (Fsp3) is 0. The lowest BCUT2D eigenvalue weighted by atomic mass is 10.1. The third kappa shape index (κ3) is 1.46. The Morgan fingerprint density at radius 1 is 0.947 bits per heavy atom. The zero-order valence-corrected chi connectivity index (χ0v) is 11.3. The van der Waals surface area contributed by atoms with Crippen molar-refractivity contribution in [1.82, 2.24) is 4.98 Å². The van der Waals surface area contributed by atoms with E-state index in [-0.39, 0.29) is 5.43 Å². The van der Waals surface area contributed by atoms with Crippen molar-refractivity contribution >= 4 is 54.1 Å². The highest BCUT2D eigenvalue weighted by atomic mass is 35.5. The number of para-hydroxylation sites is 1. The highest BCUT2D eigenvalue weighted by Crippen LogP contribution is 2.36. The first kappa shape index (κ1) is 11.0. The Hall–Kier alpha value is -1.84. The number of pyridine rings is 1. The second kappa shape index (κ2) is 3.83. The van der Waals surface area contributed by atoms with Gasteiger partial charge in [0, 0.05) is 16.3 Å². The second-order valence-electron chi connectivity index (χ2n) is 4.42. The van der Waals surface area contributed by atoms with Crippen LogP contribution in [0.2, 0.25) is 5.02 Å². The summed E-state index contributed by atoms with van der Waals surface area (Å²) < 4.78 is 1.70. The Morgan fingerprint density at radius 2 is 1.74 bits per heavy atom. The molecule has 2 nitrogen and oxygen atoms in total. The topological polar surface area (TPSA) is 32.9 Å². The van der Waals surface area contributed by atoms with E-state index >= 15 is 0 Å². The molecule has 2 heterocycles. The highest BCUT2D eigenvalue weighted by Gasteiger charge is 2.12. The van der Waals surface area contributed by atoms with Crippen molar-refractivity contribution in [2.24, 2.45) is 0 Å². The van der Waals surface area contributed by atoms with E-state index in [9.17, 15) is 4.79 Å². The molecule has 92 valence electrons. The van der Waals surface area contributed by atoms with Gasteiger partial charge in [-0.2, -0.15) is 0 Å². The molecule has 19 heavy (non-hydrogen) atoms. The molecule has 4 heteroatoms. The van der Waals surface area contributed by atoms with Crippen LogP contribution in [-0.2, 0) is 0 Å². The van der Waals surface area contributed by atoms with E-state index in [0.717, 1.165) is 31.2 Å². The van der Waals surface area contributed by atoms with Gasteiger partial charge >= 0.3 is 0 Å². The first-order valence-electron chi connectivity index (χ1n) is 5.87. The van der Waals surface area contributed by atoms with Gasteiger partial charge in [0.05, 0.1) is 19.9 Å². The molecule has 0 atom stereocenters. The maximum atomic E-state index is 12.5. The number of aromatic nitrogens is 1. The van der Waals surface area contributed by atoms with Crippen molar-refractivity contribution in [1.29, 1.82) is 0 Å². The van der Waals surface area contributed by atoms with Crippen LogP contribution in [0.3, 0.4) is 0 Å². The Kier molecular flexibility index (Phi) is 2.22. The van der Waals surface area contributed by atoms with E-state index in [1.54, 1.807) is 0 Å². The van der Waals surface area contributed by atoms with E-state index in [1.807, 2.05) is 42.5 Å². The van der Waals surface area contributed by atoms with Crippen molar-refractivity contribution in [2.75, 3.05) is 0 Å². The average molecular weight is 286 g/mol. The predicted molar refractivity (Wildman–Crippen MR) is 82.5 cm³/mol. The molecular weight excluding hydrogens is 278 g/mol. The fourth-order valence-corrected chi connectivity index (χ4v) is 3.82. The maximum Gasteiger partial charge on any atom is 0.207 e. The monoisotopic (exact) mass is 285 g/mol. The van der Waals surface area contributed by atoms with Crippen LogP contribution in [0.1, 0.15) is 0 Å². The van der Waals surface area contributed by atoms with Gasteiger partial charge in [-0.25, -0.2) is 0 Å². The van der Waals surface area contributed by atoms with E-state index in [4.69, 9.17) is 11.6 Å². The Bertz CT molecular complexity index is 999. The number of nitrogens with one attached hydrogen (secondary N) is 1. The van der Waals surface area contributed by atoms with Crippen LogP contribution in [0.15, 0.2) is 47.3 Å². The molecule has 0 amide bonds. The summed E-state index contributed by atoms with van der Waals surface area (Å²) in [5.41, 5.74) is 1.81. The third-order valence-electron chi connectivity index (χ3n) is 3.31. The summed E-state index contributed by atoms with van der Waals surface area (Å²) in [5.74, 6) is 0. The van der Waals surface area contributed by atoms with Crippen LogP contribution in [0.25, 0.3) is 31.2 Å². The summed E-state index contributed by atoms with van der Waals surface area (Å²) in [6.07, 6.45) is 0. The van der Waals surface area contributed by atoms with Crippen molar-refractivity contribution in [2.45, 2.75) is 0 Å². The van der Waals surface area contributed by atoms with E-state index < -0.39 is 0 Å². The quantitative estimate of drug-likeness (QED) is 0.505. The molecule has 2 aromatic heterocycles. The Balaban J connectivity index is 2.37. The van der Waals surface area contributed by atoms with Crippen LogP contribution >= 0.6 is 22.9 Å². The van der Waals surface area contributed by atoms with Crippen LogP contribution in [0.4, 0.5) is 0 Å². The molecule has 0 aliphatic heterocycles. The standard InChI is InChI=1S/C15H8ClNOS/c16-10-6-3-5-9-12-15(19-14(9)10)13(18)8-4-1-2-7-11(8)17-12/h1-7H,(H,17,18). The zero-order valence-electron chi connectivity index (χ0n) is 9.74. The Labute approximate surface area is 117 Å². The van der Waals surface area contributed by atoms with Gasteiger partial charge in [0.25, 0.3) is 0 Å². The van der Waals surface area contributed by atoms with Crippen molar-refractivity contribution in [3.8, 4) is 0 Å². The minimum absolute atomic E-state index is 0.0709. The largest absolute Gasteiger partial charge is 0.353 e. The lowest BCUT2D eigenvalue weighted by molar-refractivity contribution is 1.51. The molecule has 0 radical (unpaired) electrons. The zero-order chi connectivity index (χ0) is 13.0. The predicted octanol–water partition coefficient (Wildman–Crippen LogP) is 4.55. The van der Waals surface area contributed by atoms with Crippen molar-refractivity contribution < 1.29 is 0 Å². The highest BCUT2D eigenvalue weighted by molar-refractivity contribution is 7.26. The number of aromatic amines is 1.